The van der Waals surface area contributed by atoms with E-state index in [0.717, 1.165) is 11.4 Å². The highest BCUT2D eigenvalue weighted by Crippen LogP contribution is 2.14. The van der Waals surface area contributed by atoms with Crippen molar-refractivity contribution in [1.29, 1.82) is 5.26 Å². The van der Waals surface area contributed by atoms with Crippen molar-refractivity contribution >= 4 is 11.8 Å². The minimum Gasteiger partial charge on any atom is -0.482 e. The molecule has 2 aromatic rings. The van der Waals surface area contributed by atoms with Crippen LogP contribution in [0.1, 0.15) is 27.3 Å². The Morgan fingerprint density at radius 1 is 1.17 bits per heavy atom. The molecule has 124 valence electrons. The highest BCUT2D eigenvalue weighted by molar-refractivity contribution is 5.99. The van der Waals surface area contributed by atoms with Crippen molar-refractivity contribution in [3.05, 3.63) is 52.8 Å². The average molecular weight is 326 g/mol. The first kappa shape index (κ1) is 17.3. The van der Waals surface area contributed by atoms with Gasteiger partial charge in [-0.2, -0.15) is 5.26 Å². The molecule has 6 nitrogen and oxygen atoms in total. The predicted octanol–water partition coefficient (Wildman–Crippen LogP) is 2.32. The number of nitrogens with zero attached hydrogens (tertiary/aromatic N) is 2. The molecular weight excluding hydrogens is 308 g/mol. The Morgan fingerprint density at radius 2 is 1.83 bits per heavy atom. The summed E-state index contributed by atoms with van der Waals surface area (Å²) in [5.41, 5.74) is 2.86. The first-order valence-electron chi connectivity index (χ1n) is 7.37. The summed E-state index contributed by atoms with van der Waals surface area (Å²) in [5.74, 6) is -0.423. The van der Waals surface area contributed by atoms with Crippen LogP contribution >= 0.6 is 0 Å². The van der Waals surface area contributed by atoms with Gasteiger partial charge in [0.25, 0.3) is 0 Å². The Morgan fingerprint density at radius 3 is 2.38 bits per heavy atom. The number of ether oxygens (including phenoxy) is 2. The lowest BCUT2D eigenvalue weighted by atomic mass is 10.1. The summed E-state index contributed by atoms with van der Waals surface area (Å²) in [6, 6.07) is 10.1. The molecule has 1 heterocycles. The number of carbonyl (C=O) groups excluding carboxylic acids is 2. The maximum absolute atomic E-state index is 12.1. The van der Waals surface area contributed by atoms with Crippen LogP contribution in [0.15, 0.2) is 30.3 Å². The maximum Gasteiger partial charge on any atom is 0.344 e. The predicted molar refractivity (Wildman–Crippen MR) is 86.8 cm³/mol. The molecule has 0 atom stereocenters. The van der Waals surface area contributed by atoms with E-state index in [4.69, 9.17) is 14.7 Å². The van der Waals surface area contributed by atoms with Gasteiger partial charge in [0.2, 0.25) is 5.78 Å². The van der Waals surface area contributed by atoms with E-state index in [1.807, 2.05) is 31.5 Å². The molecule has 0 N–H and O–H groups in total. The number of nitriles is 1. The number of aromatic nitrogens is 1. The Balaban J connectivity index is 1.83. The van der Waals surface area contributed by atoms with Crippen molar-refractivity contribution in [1.82, 2.24) is 4.57 Å². The van der Waals surface area contributed by atoms with E-state index >= 15 is 0 Å². The molecule has 0 aliphatic carbocycles. The van der Waals surface area contributed by atoms with Gasteiger partial charge in [-0.25, -0.2) is 4.79 Å². The van der Waals surface area contributed by atoms with Crippen LogP contribution in [0.25, 0.3) is 0 Å². The minimum atomic E-state index is -0.627. The van der Waals surface area contributed by atoms with Gasteiger partial charge in [-0.3, -0.25) is 4.79 Å². The molecule has 0 unspecified atom stereocenters. The van der Waals surface area contributed by atoms with E-state index in [2.05, 4.69) is 0 Å². The molecule has 24 heavy (non-hydrogen) atoms. The third kappa shape index (κ3) is 4.02. The van der Waals surface area contributed by atoms with E-state index in [0.29, 0.717) is 16.9 Å². The van der Waals surface area contributed by atoms with Crippen LogP contribution < -0.4 is 4.74 Å². The molecule has 0 fully saturated rings. The molecule has 0 spiro atoms. The number of aryl methyl sites for hydroxylation is 1. The zero-order chi connectivity index (χ0) is 17.7. The fraction of sp³-hybridized carbons (Fsp3) is 0.278. The number of rotatable bonds is 6. The lowest BCUT2D eigenvalue weighted by Crippen LogP contribution is -2.19. The van der Waals surface area contributed by atoms with Crippen LogP contribution in [0.5, 0.6) is 5.75 Å². The first-order chi connectivity index (χ1) is 11.4. The Hall–Kier alpha value is -3.07. The molecule has 1 aromatic carbocycles. The van der Waals surface area contributed by atoms with Crippen LogP contribution in [-0.2, 0) is 16.6 Å². The Kier molecular flexibility index (Phi) is 5.38. The quantitative estimate of drug-likeness (QED) is 0.601. The van der Waals surface area contributed by atoms with E-state index < -0.39 is 5.97 Å². The van der Waals surface area contributed by atoms with Gasteiger partial charge in [0.1, 0.15) is 5.75 Å². The van der Waals surface area contributed by atoms with Crippen molar-refractivity contribution < 1.29 is 19.1 Å². The van der Waals surface area contributed by atoms with Gasteiger partial charge in [-0.15, -0.1) is 0 Å². The van der Waals surface area contributed by atoms with Crippen molar-refractivity contribution in [2.24, 2.45) is 7.05 Å². The molecule has 0 aliphatic heterocycles. The van der Waals surface area contributed by atoms with E-state index in [9.17, 15) is 9.59 Å². The van der Waals surface area contributed by atoms with Gasteiger partial charge in [0, 0.05) is 24.0 Å². The second-order valence-corrected chi connectivity index (χ2v) is 5.35. The Labute approximate surface area is 140 Å². The largest absolute Gasteiger partial charge is 0.482 e. The average Bonchev–Trinajstić information content (AvgIpc) is 2.85. The topological polar surface area (TPSA) is 81.3 Å². The second-order valence-electron chi connectivity index (χ2n) is 5.35. The van der Waals surface area contributed by atoms with E-state index in [1.165, 1.54) is 0 Å². The minimum absolute atomic E-state index is 0.247. The number of carbonyl (C=O) groups is 2. The van der Waals surface area contributed by atoms with Gasteiger partial charge in [0.15, 0.2) is 13.2 Å². The van der Waals surface area contributed by atoms with Crippen LogP contribution in [-0.4, -0.2) is 29.5 Å². The van der Waals surface area contributed by atoms with E-state index in [1.54, 1.807) is 30.3 Å². The van der Waals surface area contributed by atoms with Gasteiger partial charge >= 0.3 is 5.97 Å². The molecular formula is C18H18N2O4. The zero-order valence-corrected chi connectivity index (χ0v) is 13.8. The molecule has 0 amide bonds. The van der Waals surface area contributed by atoms with Gasteiger partial charge in [0.05, 0.1) is 11.6 Å². The van der Waals surface area contributed by atoms with Gasteiger partial charge < -0.3 is 14.0 Å². The fourth-order valence-corrected chi connectivity index (χ4v) is 2.17. The van der Waals surface area contributed by atoms with Gasteiger partial charge in [-0.05, 0) is 44.2 Å². The third-order valence-electron chi connectivity index (χ3n) is 3.78. The number of benzene rings is 1. The molecule has 0 saturated heterocycles. The van der Waals surface area contributed by atoms with Crippen molar-refractivity contribution in [2.45, 2.75) is 13.8 Å². The zero-order valence-electron chi connectivity index (χ0n) is 13.8. The monoisotopic (exact) mass is 326 g/mol. The molecule has 1 aromatic heterocycles. The summed E-state index contributed by atoms with van der Waals surface area (Å²) in [4.78, 5) is 23.8. The normalized spacial score (nSPS) is 10.1. The maximum atomic E-state index is 12.1. The van der Waals surface area contributed by atoms with Gasteiger partial charge in [-0.1, -0.05) is 0 Å². The number of hydrogen-bond acceptors (Lipinski definition) is 5. The molecule has 6 heteroatoms. The summed E-state index contributed by atoms with van der Waals surface area (Å²) in [6.07, 6.45) is 0. The standard InChI is InChI=1S/C18H18N2O4/c1-12-8-16(13(2)20(12)3)17(21)10-24-18(22)11-23-15-6-4-14(9-19)5-7-15/h4-8H,10-11H2,1-3H3. The highest BCUT2D eigenvalue weighted by atomic mass is 16.6. The first-order valence-corrected chi connectivity index (χ1v) is 7.37. The number of ketones is 1. The van der Waals surface area contributed by atoms with Crippen molar-refractivity contribution in [2.75, 3.05) is 13.2 Å². The van der Waals surface area contributed by atoms with Crippen LogP contribution in [0.4, 0.5) is 0 Å². The summed E-state index contributed by atoms with van der Waals surface area (Å²) in [5, 5.41) is 8.70. The van der Waals surface area contributed by atoms with Crippen LogP contribution in [0, 0.1) is 25.2 Å². The second kappa shape index (κ2) is 7.47. The third-order valence-corrected chi connectivity index (χ3v) is 3.78. The van der Waals surface area contributed by atoms with Crippen molar-refractivity contribution in [3.8, 4) is 11.8 Å². The Bertz CT molecular complexity index is 798. The summed E-state index contributed by atoms with van der Waals surface area (Å²) >= 11 is 0. The summed E-state index contributed by atoms with van der Waals surface area (Å²) in [7, 11) is 1.87. The van der Waals surface area contributed by atoms with Crippen LogP contribution in [0.2, 0.25) is 0 Å². The summed E-state index contributed by atoms with van der Waals surface area (Å²) in [6.45, 7) is 3.13. The molecule has 0 saturated carbocycles. The fourth-order valence-electron chi connectivity index (χ4n) is 2.17. The lowest BCUT2D eigenvalue weighted by Gasteiger charge is -2.07. The number of esters is 1. The smallest absolute Gasteiger partial charge is 0.344 e. The molecule has 2 rings (SSSR count). The van der Waals surface area contributed by atoms with E-state index in [-0.39, 0.29) is 19.0 Å². The number of hydrogen-bond donors (Lipinski definition) is 0. The number of Topliss-reactive ketones (excluding diaryl/α,β-unsaturated/α-hetero) is 1. The highest BCUT2D eigenvalue weighted by Gasteiger charge is 2.16. The summed E-state index contributed by atoms with van der Waals surface area (Å²) < 4.78 is 12.1. The molecule has 0 aliphatic rings. The molecule has 0 bridgehead atoms. The van der Waals surface area contributed by atoms with Crippen molar-refractivity contribution in [3.63, 3.8) is 0 Å². The molecule has 0 radical (unpaired) electrons. The van der Waals surface area contributed by atoms with Crippen LogP contribution in [0.3, 0.4) is 0 Å². The lowest BCUT2D eigenvalue weighted by molar-refractivity contribution is -0.144. The SMILES string of the molecule is Cc1cc(C(=O)COC(=O)COc2ccc(C#N)cc2)c(C)n1C.